The standard InChI is InChI=1S/C16H22N2O2/c1-12-6-7-15(13(2)10-12)18(14(3)19)11-16(20)17-8-4-5-9-17/h6-7,10H,4-5,8-9,11H2,1-3H3. The normalized spacial score (nSPS) is 14.4. The maximum Gasteiger partial charge on any atom is 0.242 e. The Morgan fingerprint density at radius 3 is 2.40 bits per heavy atom. The summed E-state index contributed by atoms with van der Waals surface area (Å²) in [5.41, 5.74) is 3.01. The van der Waals surface area contributed by atoms with Crippen LogP contribution in [0.1, 0.15) is 30.9 Å². The average molecular weight is 274 g/mol. The number of nitrogens with zero attached hydrogens (tertiary/aromatic N) is 2. The molecule has 1 aliphatic heterocycles. The molecule has 0 aromatic heterocycles. The van der Waals surface area contributed by atoms with E-state index in [2.05, 4.69) is 0 Å². The summed E-state index contributed by atoms with van der Waals surface area (Å²) in [6, 6.07) is 5.92. The predicted molar refractivity (Wildman–Crippen MR) is 79.8 cm³/mol. The van der Waals surface area contributed by atoms with E-state index in [4.69, 9.17) is 0 Å². The number of carbonyl (C=O) groups is 2. The summed E-state index contributed by atoms with van der Waals surface area (Å²) < 4.78 is 0. The van der Waals surface area contributed by atoms with Gasteiger partial charge in [0.25, 0.3) is 0 Å². The quantitative estimate of drug-likeness (QED) is 0.848. The maximum atomic E-state index is 12.2. The van der Waals surface area contributed by atoms with Gasteiger partial charge in [0.2, 0.25) is 11.8 Å². The Morgan fingerprint density at radius 2 is 1.85 bits per heavy atom. The molecule has 20 heavy (non-hydrogen) atoms. The van der Waals surface area contributed by atoms with E-state index in [1.807, 2.05) is 36.9 Å². The van der Waals surface area contributed by atoms with Crippen molar-refractivity contribution in [3.8, 4) is 0 Å². The van der Waals surface area contributed by atoms with Crippen molar-refractivity contribution in [1.29, 1.82) is 0 Å². The van der Waals surface area contributed by atoms with Gasteiger partial charge in [-0.1, -0.05) is 17.7 Å². The molecule has 1 heterocycles. The minimum atomic E-state index is -0.0931. The van der Waals surface area contributed by atoms with Gasteiger partial charge in [-0.3, -0.25) is 9.59 Å². The highest BCUT2D eigenvalue weighted by molar-refractivity contribution is 5.98. The van der Waals surface area contributed by atoms with E-state index < -0.39 is 0 Å². The van der Waals surface area contributed by atoms with E-state index >= 15 is 0 Å². The van der Waals surface area contributed by atoms with Crippen molar-refractivity contribution in [1.82, 2.24) is 4.90 Å². The molecular weight excluding hydrogens is 252 g/mol. The zero-order valence-electron chi connectivity index (χ0n) is 12.5. The lowest BCUT2D eigenvalue weighted by Gasteiger charge is -2.25. The summed E-state index contributed by atoms with van der Waals surface area (Å²) >= 11 is 0. The first kappa shape index (κ1) is 14.6. The van der Waals surface area contributed by atoms with Gasteiger partial charge in [-0.05, 0) is 38.3 Å². The monoisotopic (exact) mass is 274 g/mol. The minimum Gasteiger partial charge on any atom is -0.341 e. The van der Waals surface area contributed by atoms with E-state index in [0.29, 0.717) is 0 Å². The van der Waals surface area contributed by atoms with Crippen LogP contribution in [0.4, 0.5) is 5.69 Å². The Hall–Kier alpha value is -1.84. The number of anilines is 1. The summed E-state index contributed by atoms with van der Waals surface area (Å²) in [6.45, 7) is 7.27. The van der Waals surface area contributed by atoms with Crippen molar-refractivity contribution in [3.05, 3.63) is 29.3 Å². The molecule has 1 saturated heterocycles. The molecule has 0 atom stereocenters. The van der Waals surface area contributed by atoms with Crippen LogP contribution >= 0.6 is 0 Å². The maximum absolute atomic E-state index is 12.2. The fraction of sp³-hybridized carbons (Fsp3) is 0.500. The molecule has 4 heteroatoms. The lowest BCUT2D eigenvalue weighted by atomic mass is 10.1. The van der Waals surface area contributed by atoms with E-state index in [1.54, 1.807) is 4.90 Å². The number of hydrogen-bond donors (Lipinski definition) is 0. The second-order valence-electron chi connectivity index (χ2n) is 5.48. The Morgan fingerprint density at radius 1 is 1.20 bits per heavy atom. The van der Waals surface area contributed by atoms with Gasteiger partial charge in [0.05, 0.1) is 0 Å². The molecule has 0 N–H and O–H groups in total. The lowest BCUT2D eigenvalue weighted by Crippen LogP contribution is -2.41. The van der Waals surface area contributed by atoms with E-state index in [1.165, 1.54) is 6.92 Å². The van der Waals surface area contributed by atoms with Crippen LogP contribution in [-0.2, 0) is 9.59 Å². The van der Waals surface area contributed by atoms with Crippen LogP contribution in [0.25, 0.3) is 0 Å². The molecule has 1 aromatic rings. The van der Waals surface area contributed by atoms with Crippen molar-refractivity contribution < 1.29 is 9.59 Å². The summed E-state index contributed by atoms with van der Waals surface area (Å²) in [5.74, 6) is -0.0535. The highest BCUT2D eigenvalue weighted by Crippen LogP contribution is 2.22. The second kappa shape index (κ2) is 6.07. The number of amides is 2. The van der Waals surface area contributed by atoms with Crippen LogP contribution in [0.15, 0.2) is 18.2 Å². The van der Waals surface area contributed by atoms with Gasteiger partial charge in [-0.25, -0.2) is 0 Å². The molecule has 2 amide bonds. The highest BCUT2D eigenvalue weighted by Gasteiger charge is 2.23. The smallest absolute Gasteiger partial charge is 0.242 e. The molecule has 4 nitrogen and oxygen atoms in total. The number of rotatable bonds is 3. The molecule has 2 rings (SSSR count). The molecule has 0 bridgehead atoms. The van der Waals surface area contributed by atoms with Gasteiger partial charge in [-0.15, -0.1) is 0 Å². The van der Waals surface area contributed by atoms with Gasteiger partial charge < -0.3 is 9.80 Å². The van der Waals surface area contributed by atoms with Gasteiger partial charge in [0.1, 0.15) is 6.54 Å². The fourth-order valence-corrected chi connectivity index (χ4v) is 2.68. The molecule has 1 aromatic carbocycles. The largest absolute Gasteiger partial charge is 0.341 e. The van der Waals surface area contributed by atoms with Crippen molar-refractivity contribution in [2.24, 2.45) is 0 Å². The Labute approximate surface area is 120 Å². The Bertz CT molecular complexity index is 519. The van der Waals surface area contributed by atoms with Crippen LogP contribution in [0.3, 0.4) is 0 Å². The van der Waals surface area contributed by atoms with Gasteiger partial charge in [0.15, 0.2) is 0 Å². The molecule has 0 saturated carbocycles. The Balaban J connectivity index is 2.18. The van der Waals surface area contributed by atoms with Crippen LogP contribution in [0.5, 0.6) is 0 Å². The number of aryl methyl sites for hydroxylation is 2. The summed E-state index contributed by atoms with van der Waals surface area (Å²) in [5, 5.41) is 0. The van der Waals surface area contributed by atoms with Crippen LogP contribution in [0, 0.1) is 13.8 Å². The molecule has 1 aliphatic rings. The third kappa shape index (κ3) is 3.18. The van der Waals surface area contributed by atoms with Crippen molar-refractivity contribution in [3.63, 3.8) is 0 Å². The third-order valence-corrected chi connectivity index (χ3v) is 3.78. The molecule has 108 valence electrons. The average Bonchev–Trinajstić information content (AvgIpc) is 2.90. The van der Waals surface area contributed by atoms with Crippen molar-refractivity contribution in [2.75, 3.05) is 24.5 Å². The van der Waals surface area contributed by atoms with Gasteiger partial charge in [-0.2, -0.15) is 0 Å². The van der Waals surface area contributed by atoms with Crippen LogP contribution in [0.2, 0.25) is 0 Å². The summed E-state index contributed by atoms with van der Waals surface area (Å²) in [7, 11) is 0. The molecule has 0 aliphatic carbocycles. The molecule has 0 spiro atoms. The molecular formula is C16H22N2O2. The van der Waals surface area contributed by atoms with Crippen LogP contribution in [-0.4, -0.2) is 36.3 Å². The van der Waals surface area contributed by atoms with E-state index in [-0.39, 0.29) is 18.4 Å². The number of likely N-dealkylation sites (tertiary alicyclic amines) is 1. The first-order chi connectivity index (χ1) is 9.49. The molecule has 0 radical (unpaired) electrons. The van der Waals surface area contributed by atoms with Gasteiger partial charge in [0, 0.05) is 25.7 Å². The first-order valence-corrected chi connectivity index (χ1v) is 7.12. The van der Waals surface area contributed by atoms with E-state index in [9.17, 15) is 9.59 Å². The summed E-state index contributed by atoms with van der Waals surface area (Å²) in [4.78, 5) is 27.6. The number of carbonyl (C=O) groups excluding carboxylic acids is 2. The second-order valence-corrected chi connectivity index (χ2v) is 5.48. The lowest BCUT2D eigenvalue weighted by molar-refractivity contribution is -0.130. The number of hydrogen-bond acceptors (Lipinski definition) is 2. The fourth-order valence-electron chi connectivity index (χ4n) is 2.68. The SMILES string of the molecule is CC(=O)N(CC(=O)N1CCCC1)c1ccc(C)cc1C. The topological polar surface area (TPSA) is 40.6 Å². The minimum absolute atomic E-state index is 0.0395. The van der Waals surface area contributed by atoms with Gasteiger partial charge >= 0.3 is 0 Å². The van der Waals surface area contributed by atoms with Crippen LogP contribution < -0.4 is 4.90 Å². The first-order valence-electron chi connectivity index (χ1n) is 7.12. The molecule has 0 unspecified atom stereocenters. The highest BCUT2D eigenvalue weighted by atomic mass is 16.2. The van der Waals surface area contributed by atoms with E-state index in [0.717, 1.165) is 42.7 Å². The summed E-state index contributed by atoms with van der Waals surface area (Å²) in [6.07, 6.45) is 2.13. The molecule has 1 fully saturated rings. The zero-order chi connectivity index (χ0) is 14.7. The van der Waals surface area contributed by atoms with Crippen molar-refractivity contribution >= 4 is 17.5 Å². The number of benzene rings is 1. The zero-order valence-corrected chi connectivity index (χ0v) is 12.5. The Kier molecular flexibility index (Phi) is 4.42. The predicted octanol–water partition coefficient (Wildman–Crippen LogP) is 2.28. The van der Waals surface area contributed by atoms with Crippen molar-refractivity contribution in [2.45, 2.75) is 33.6 Å². The third-order valence-electron chi connectivity index (χ3n) is 3.78.